The van der Waals surface area contributed by atoms with Crippen LogP contribution in [0.15, 0.2) is 37.0 Å². The largest absolute Gasteiger partial charge is 0.413 e. The molecule has 258 valence electrons. The highest BCUT2D eigenvalue weighted by atomic mass is 28.4. The molecule has 1 aliphatic rings. The van der Waals surface area contributed by atoms with Gasteiger partial charge in [-0.1, -0.05) is 107 Å². The number of ether oxygens (including phenoxy) is 1. The molecule has 0 saturated carbocycles. The van der Waals surface area contributed by atoms with Gasteiger partial charge in [-0.2, -0.15) is 0 Å². The van der Waals surface area contributed by atoms with Crippen molar-refractivity contribution in [1.29, 1.82) is 0 Å². The molecule has 7 heteroatoms. The highest BCUT2D eigenvalue weighted by Gasteiger charge is 2.55. The first-order chi connectivity index (χ1) is 19.9. The second-order valence-electron chi connectivity index (χ2n) is 16.7. The van der Waals surface area contributed by atoms with Gasteiger partial charge in [-0.05, 0) is 86.1 Å². The lowest BCUT2D eigenvalue weighted by Crippen LogP contribution is -2.62. The minimum atomic E-state index is -2.31. The predicted molar refractivity (Wildman–Crippen MR) is 194 cm³/mol. The Morgan fingerprint density at radius 2 is 1.50 bits per heavy atom. The number of rotatable bonds is 17. The van der Waals surface area contributed by atoms with Crippen LogP contribution in [0, 0.1) is 11.8 Å². The Bertz CT molecular complexity index is 930. The van der Waals surface area contributed by atoms with Crippen LogP contribution in [0.5, 0.6) is 0 Å². The van der Waals surface area contributed by atoms with Gasteiger partial charge in [0.2, 0.25) is 14.1 Å². The van der Waals surface area contributed by atoms with Crippen molar-refractivity contribution >= 4 is 16.6 Å². The van der Waals surface area contributed by atoms with E-state index in [4.69, 9.17) is 13.6 Å². The molecule has 0 unspecified atom stereocenters. The van der Waals surface area contributed by atoms with Gasteiger partial charge in [-0.25, -0.2) is 0 Å². The summed E-state index contributed by atoms with van der Waals surface area (Å²) in [6.45, 7) is 41.5. The zero-order valence-electron chi connectivity index (χ0n) is 31.4. The Morgan fingerprint density at radius 1 is 0.977 bits per heavy atom. The molecule has 1 fully saturated rings. The molecule has 0 amide bonds. The Balaban J connectivity index is 3.17. The summed E-state index contributed by atoms with van der Waals surface area (Å²) in [7, 11) is -4.31. The Labute approximate surface area is 275 Å². The zero-order valence-corrected chi connectivity index (χ0v) is 33.4. The quantitative estimate of drug-likeness (QED) is 0.121. The summed E-state index contributed by atoms with van der Waals surface area (Å²) < 4.78 is 20.4. The minimum Gasteiger partial charge on any atom is -0.413 e. The van der Waals surface area contributed by atoms with Crippen molar-refractivity contribution in [3.63, 3.8) is 0 Å². The summed E-state index contributed by atoms with van der Waals surface area (Å²) in [5.74, 6) is -1.29. The van der Waals surface area contributed by atoms with E-state index in [0.717, 1.165) is 5.57 Å². The molecule has 5 nitrogen and oxygen atoms in total. The van der Waals surface area contributed by atoms with Crippen LogP contribution in [-0.4, -0.2) is 56.5 Å². The molecule has 1 saturated heterocycles. The molecule has 0 bridgehead atoms. The molecule has 0 aromatic rings. The molecule has 1 heterocycles. The van der Waals surface area contributed by atoms with E-state index >= 15 is 0 Å². The van der Waals surface area contributed by atoms with Crippen molar-refractivity contribution in [1.82, 2.24) is 0 Å². The van der Waals surface area contributed by atoms with E-state index in [0.29, 0.717) is 48.7 Å². The van der Waals surface area contributed by atoms with Gasteiger partial charge in [0.25, 0.3) is 0 Å². The second kappa shape index (κ2) is 16.0. The molecule has 0 aliphatic carbocycles. The minimum absolute atomic E-state index is 0.0331. The number of hydrogen-bond acceptors (Lipinski definition) is 5. The van der Waals surface area contributed by atoms with Crippen LogP contribution in [0.4, 0.5) is 0 Å². The fourth-order valence-electron chi connectivity index (χ4n) is 6.94. The smallest absolute Gasteiger partial charge is 0.201 e. The summed E-state index contributed by atoms with van der Waals surface area (Å²) >= 11 is 0. The Morgan fingerprint density at radius 3 is 1.95 bits per heavy atom. The van der Waals surface area contributed by atoms with Crippen LogP contribution in [0.25, 0.3) is 0 Å². The van der Waals surface area contributed by atoms with E-state index in [-0.39, 0.29) is 29.1 Å². The molecule has 2 N–H and O–H groups in total. The Hall–Kier alpha value is -0.546. The predicted octanol–water partition coefficient (Wildman–Crippen LogP) is 10.3. The number of allylic oxidation sites excluding steroid dienone is 1. The van der Waals surface area contributed by atoms with E-state index < -0.39 is 34.1 Å². The molecule has 44 heavy (non-hydrogen) atoms. The van der Waals surface area contributed by atoms with Crippen LogP contribution < -0.4 is 0 Å². The highest BCUT2D eigenvalue weighted by molar-refractivity contribution is 6.77. The molecule has 0 aromatic heterocycles. The monoisotopic (exact) mass is 652 g/mol. The molecule has 0 radical (unpaired) electrons. The van der Waals surface area contributed by atoms with Gasteiger partial charge in [0, 0.05) is 12.5 Å². The van der Waals surface area contributed by atoms with Gasteiger partial charge in [0.15, 0.2) is 8.32 Å². The van der Waals surface area contributed by atoms with Crippen molar-refractivity contribution in [3.05, 3.63) is 37.0 Å². The van der Waals surface area contributed by atoms with Crippen LogP contribution in [-0.2, 0) is 13.6 Å². The van der Waals surface area contributed by atoms with Gasteiger partial charge in [0.1, 0.15) is 5.60 Å². The van der Waals surface area contributed by atoms with E-state index in [9.17, 15) is 10.2 Å². The fraction of sp³-hybridized carbons (Fsp3) is 0.838. The normalized spacial score (nSPS) is 25.0. The first-order valence-electron chi connectivity index (χ1n) is 17.3. The van der Waals surface area contributed by atoms with Crippen LogP contribution in [0.1, 0.15) is 122 Å². The number of hydrogen-bond donors (Lipinski definition) is 2. The topological polar surface area (TPSA) is 68.2 Å². The SMILES string of the molecule is C=CC[C@H]1CC(=C)C[C@@](O)([C@@](C)(/C=C/C[C@H](C)[C@H](O)C[C@H](C)[C@H](C)O[Si](C(C)C)(C(C)C)C(C)C)O[Si](C)(C)C(C)(C)C)O1. The number of aliphatic hydroxyl groups excluding tert-OH is 1. The van der Waals surface area contributed by atoms with Crippen LogP contribution in [0.2, 0.25) is 34.8 Å². The maximum absolute atomic E-state index is 12.1. The van der Waals surface area contributed by atoms with Gasteiger partial charge in [-0.15, -0.1) is 6.58 Å². The van der Waals surface area contributed by atoms with E-state index in [1.807, 2.05) is 19.1 Å². The molecule has 1 rings (SSSR count). The molecular formula is C37H72O5Si2. The molecule has 7 atom stereocenters. The fourth-order valence-corrected chi connectivity index (χ4v) is 14.2. The van der Waals surface area contributed by atoms with Gasteiger partial charge in [0.05, 0.1) is 12.2 Å². The lowest BCUT2D eigenvalue weighted by Gasteiger charge is -2.52. The lowest BCUT2D eigenvalue weighted by atomic mass is 9.83. The van der Waals surface area contributed by atoms with E-state index in [2.05, 4.69) is 115 Å². The van der Waals surface area contributed by atoms with Crippen molar-refractivity contribution < 1.29 is 23.8 Å². The third-order valence-electron chi connectivity index (χ3n) is 11.0. The summed E-state index contributed by atoms with van der Waals surface area (Å²) in [6.07, 6.45) is 8.32. The first-order valence-corrected chi connectivity index (χ1v) is 22.3. The molecule has 0 aromatic carbocycles. The molecule has 1 aliphatic heterocycles. The van der Waals surface area contributed by atoms with Gasteiger partial charge in [-0.3, -0.25) is 0 Å². The summed E-state index contributed by atoms with van der Waals surface area (Å²) in [4.78, 5) is 0. The summed E-state index contributed by atoms with van der Waals surface area (Å²) in [5, 5.41) is 23.4. The van der Waals surface area contributed by atoms with Crippen LogP contribution >= 0.6 is 0 Å². The van der Waals surface area contributed by atoms with Crippen molar-refractivity contribution in [2.45, 2.75) is 187 Å². The van der Waals surface area contributed by atoms with Gasteiger partial charge >= 0.3 is 0 Å². The zero-order chi connectivity index (χ0) is 34.5. The first kappa shape index (κ1) is 41.5. The van der Waals surface area contributed by atoms with Crippen molar-refractivity contribution in [2.75, 3.05) is 0 Å². The van der Waals surface area contributed by atoms with E-state index in [1.54, 1.807) is 0 Å². The average molecular weight is 653 g/mol. The highest BCUT2D eigenvalue weighted by Crippen LogP contribution is 2.47. The third-order valence-corrected chi connectivity index (χ3v) is 21.7. The third kappa shape index (κ3) is 9.98. The summed E-state index contributed by atoms with van der Waals surface area (Å²) in [6, 6.07) is 0. The lowest BCUT2D eigenvalue weighted by molar-refractivity contribution is -0.301. The molecular weight excluding hydrogens is 581 g/mol. The maximum atomic E-state index is 12.1. The van der Waals surface area contributed by atoms with E-state index in [1.165, 1.54) is 0 Å². The maximum Gasteiger partial charge on any atom is 0.201 e. The second-order valence-corrected chi connectivity index (χ2v) is 26.8. The van der Waals surface area contributed by atoms with Gasteiger partial charge < -0.3 is 23.8 Å². The van der Waals surface area contributed by atoms with Crippen molar-refractivity contribution in [3.8, 4) is 0 Å². The standard InChI is InChI=1S/C37H72O5Si2/c1-18-20-33-23-29(8)25-37(39,40-33)36(15,42-43(16,17)35(12,13)14)22-19-21-30(9)34(38)24-31(10)32(11)41-44(26(2)3,27(4)5)28(6)7/h18-19,22,26-28,30-34,38-39H,1,8,20-21,23-25H2,2-7,9-17H3/b22-19+/t30-,31-,32-,33-,34+,36+,37-/m0/s1. The average Bonchev–Trinajstić information content (AvgIpc) is 2.84. The number of aliphatic hydroxyl groups is 2. The van der Waals surface area contributed by atoms with Crippen LogP contribution in [0.3, 0.4) is 0 Å². The van der Waals surface area contributed by atoms with Crippen molar-refractivity contribution in [2.24, 2.45) is 11.8 Å². The summed E-state index contributed by atoms with van der Waals surface area (Å²) in [5.41, 5.74) is 1.46. The Kier molecular flexibility index (Phi) is 15.1. The molecule has 0 spiro atoms.